The van der Waals surface area contributed by atoms with Crippen LogP contribution in [0.25, 0.3) is 11.1 Å². The van der Waals surface area contributed by atoms with Gasteiger partial charge >= 0.3 is 138 Å². The fourth-order valence-corrected chi connectivity index (χ4v) is 9.41. The minimum atomic E-state index is -5.70. The second-order valence-electron chi connectivity index (χ2n) is 4.50. The molecule has 0 aliphatic carbocycles. The number of nitriles is 1. The van der Waals surface area contributed by atoms with Crippen molar-refractivity contribution >= 4 is 30.4 Å². The van der Waals surface area contributed by atoms with Gasteiger partial charge in [0.05, 0.1) is 0 Å². The summed E-state index contributed by atoms with van der Waals surface area (Å²) in [6, 6.07) is 13.0. The molecule has 3 rings (SSSR count). The van der Waals surface area contributed by atoms with Crippen LogP contribution in [0.5, 0.6) is 0 Å². The summed E-state index contributed by atoms with van der Waals surface area (Å²) in [6.07, 6.45) is 0. The predicted molar refractivity (Wildman–Crippen MR) is 84.1 cm³/mol. The van der Waals surface area contributed by atoms with Crippen molar-refractivity contribution in [1.82, 2.24) is 0 Å². The molecule has 2 aromatic carbocycles. The van der Waals surface area contributed by atoms with Crippen LogP contribution in [0.4, 0.5) is 13.2 Å². The molecule has 0 fully saturated rings. The van der Waals surface area contributed by atoms with Gasteiger partial charge in [0.2, 0.25) is 0 Å². The van der Waals surface area contributed by atoms with E-state index in [1.807, 2.05) is 6.07 Å². The Bertz CT molecular complexity index is 935. The fraction of sp³-hybridized carbons (Fsp3) is 0.0714. The van der Waals surface area contributed by atoms with Crippen LogP contribution >= 0.6 is 20.2 Å². The Hall–Kier alpha value is -1.64. The molecule has 0 saturated carbocycles. The van der Waals surface area contributed by atoms with Gasteiger partial charge in [-0.25, -0.2) is 0 Å². The van der Waals surface area contributed by atoms with Gasteiger partial charge in [-0.05, 0) is 0 Å². The van der Waals surface area contributed by atoms with E-state index in [2.05, 4.69) is 2.51 Å². The molecule has 0 amide bonds. The number of hydrogen-bond donors (Lipinski definition) is 0. The molecular formula is C14H7F3INO3S. The van der Waals surface area contributed by atoms with Gasteiger partial charge in [-0.2, -0.15) is 0 Å². The number of nitrogens with zero attached hydrogens (tertiary/aromatic N) is 1. The van der Waals surface area contributed by atoms with Crippen molar-refractivity contribution in [3.05, 3.63) is 55.2 Å². The first-order chi connectivity index (χ1) is 10.7. The normalized spacial score (nSPS) is 15.0. The molecule has 0 radical (unpaired) electrons. The van der Waals surface area contributed by atoms with Gasteiger partial charge in [-0.1, -0.05) is 0 Å². The molecule has 4 nitrogen and oxygen atoms in total. The Morgan fingerprint density at radius 2 is 1.70 bits per heavy atom. The molecule has 0 N–H and O–H groups in total. The average Bonchev–Trinajstić information content (AvgIpc) is 2.80. The fourth-order valence-electron chi connectivity index (χ4n) is 2.07. The molecule has 0 bridgehead atoms. The Kier molecular flexibility index (Phi) is 3.86. The van der Waals surface area contributed by atoms with E-state index in [4.69, 9.17) is 5.26 Å². The number of fused-ring (bicyclic) bond motifs is 3. The van der Waals surface area contributed by atoms with Crippen molar-refractivity contribution in [1.29, 1.82) is 5.26 Å². The number of halogens is 4. The van der Waals surface area contributed by atoms with Gasteiger partial charge in [0.15, 0.2) is 0 Å². The average molecular weight is 453 g/mol. The summed E-state index contributed by atoms with van der Waals surface area (Å²) in [5.74, 6) is 0. The molecule has 9 heteroatoms. The van der Waals surface area contributed by atoms with E-state index in [-0.39, 0.29) is 5.56 Å². The molecule has 1 aliphatic rings. The number of benzene rings is 2. The van der Waals surface area contributed by atoms with Crippen molar-refractivity contribution in [2.45, 2.75) is 5.51 Å². The maximum atomic E-state index is 12.6. The summed E-state index contributed by atoms with van der Waals surface area (Å²) >= 11 is -3.32. The third kappa shape index (κ3) is 2.71. The molecular weight excluding hydrogens is 446 g/mol. The molecule has 0 spiro atoms. The van der Waals surface area contributed by atoms with Crippen LogP contribution in [-0.4, -0.2) is 13.9 Å². The maximum absolute atomic E-state index is 12.6. The van der Waals surface area contributed by atoms with E-state index in [1.54, 1.807) is 30.3 Å². The molecule has 1 aliphatic heterocycles. The molecule has 0 atom stereocenters. The molecule has 0 unspecified atom stereocenters. The zero-order chi connectivity index (χ0) is 16.8. The zero-order valence-corrected chi connectivity index (χ0v) is 14.1. The Morgan fingerprint density at radius 3 is 2.35 bits per heavy atom. The second kappa shape index (κ2) is 5.47. The SMILES string of the molecule is N#Cc1ccc2c(c1)I(OS(=O)(=O)C(F)(F)F)c1ccccc1-2. The summed E-state index contributed by atoms with van der Waals surface area (Å²) in [5, 5.41) is 8.96. The van der Waals surface area contributed by atoms with Gasteiger partial charge < -0.3 is 0 Å². The van der Waals surface area contributed by atoms with E-state index in [0.717, 1.165) is 0 Å². The molecule has 23 heavy (non-hydrogen) atoms. The van der Waals surface area contributed by atoms with Crippen LogP contribution in [0.3, 0.4) is 0 Å². The first kappa shape index (κ1) is 16.2. The van der Waals surface area contributed by atoms with Gasteiger partial charge in [0.25, 0.3) is 0 Å². The monoisotopic (exact) mass is 453 g/mol. The second-order valence-corrected chi connectivity index (χ2v) is 10.8. The third-order valence-corrected chi connectivity index (χ3v) is 10.4. The Balaban J connectivity index is 2.17. The summed E-state index contributed by atoms with van der Waals surface area (Å²) in [4.78, 5) is 0. The van der Waals surface area contributed by atoms with Crippen LogP contribution < -0.4 is 0 Å². The third-order valence-electron chi connectivity index (χ3n) is 3.06. The molecule has 1 heterocycles. The summed E-state index contributed by atoms with van der Waals surface area (Å²) in [5.41, 5.74) is -3.97. The van der Waals surface area contributed by atoms with Gasteiger partial charge in [0, 0.05) is 0 Å². The number of alkyl halides is 3. The molecule has 120 valence electrons. The van der Waals surface area contributed by atoms with E-state index < -0.39 is 35.9 Å². The van der Waals surface area contributed by atoms with Gasteiger partial charge in [-0.3, -0.25) is 0 Å². The predicted octanol–water partition coefficient (Wildman–Crippen LogP) is 3.87. The van der Waals surface area contributed by atoms with Crippen molar-refractivity contribution in [2.75, 3.05) is 0 Å². The molecule has 0 saturated heterocycles. The van der Waals surface area contributed by atoms with Crippen LogP contribution in [0, 0.1) is 18.5 Å². The van der Waals surface area contributed by atoms with Crippen LogP contribution in [0.1, 0.15) is 5.56 Å². The van der Waals surface area contributed by atoms with Crippen molar-refractivity contribution < 1.29 is 24.1 Å². The topological polar surface area (TPSA) is 67.2 Å². The number of rotatable bonds is 2. The van der Waals surface area contributed by atoms with Gasteiger partial charge in [-0.15, -0.1) is 0 Å². The first-order valence-electron chi connectivity index (χ1n) is 6.09. The molecule has 2 aromatic rings. The van der Waals surface area contributed by atoms with Gasteiger partial charge in [0.1, 0.15) is 0 Å². The van der Waals surface area contributed by atoms with Crippen molar-refractivity contribution in [2.24, 2.45) is 0 Å². The zero-order valence-electron chi connectivity index (χ0n) is 11.1. The van der Waals surface area contributed by atoms with E-state index in [0.29, 0.717) is 18.3 Å². The van der Waals surface area contributed by atoms with Crippen molar-refractivity contribution in [3.63, 3.8) is 0 Å². The van der Waals surface area contributed by atoms with Crippen LogP contribution in [-0.2, 0) is 12.6 Å². The summed E-state index contributed by atoms with van der Waals surface area (Å²) < 4.78 is 66.2. The minimum absolute atomic E-state index is 0.242. The Labute approximate surface area is 137 Å². The van der Waals surface area contributed by atoms with E-state index >= 15 is 0 Å². The Morgan fingerprint density at radius 1 is 1.04 bits per heavy atom. The van der Waals surface area contributed by atoms with E-state index in [1.165, 1.54) is 12.1 Å². The van der Waals surface area contributed by atoms with E-state index in [9.17, 15) is 21.6 Å². The first-order valence-corrected chi connectivity index (χ1v) is 10.5. The van der Waals surface area contributed by atoms with Crippen LogP contribution in [0.15, 0.2) is 42.5 Å². The molecule has 0 aromatic heterocycles. The number of hydrogen-bond acceptors (Lipinski definition) is 4. The van der Waals surface area contributed by atoms with Crippen LogP contribution in [0.2, 0.25) is 0 Å². The standard InChI is InChI=1S/C14H7F3INO3S/c15-14(16,17)23(20,21)22-18-12-4-2-1-3-10(12)11-6-5-9(8-19)7-13(11)18/h1-7H. The van der Waals surface area contributed by atoms with Crippen molar-refractivity contribution in [3.8, 4) is 17.2 Å². The quantitative estimate of drug-likeness (QED) is 0.512. The summed E-state index contributed by atoms with van der Waals surface area (Å²) in [7, 11) is -5.70. The summed E-state index contributed by atoms with van der Waals surface area (Å²) in [6.45, 7) is 0.